The molecule has 0 radical (unpaired) electrons. The van der Waals surface area contributed by atoms with E-state index in [4.69, 9.17) is 0 Å². The molecule has 1 unspecified atom stereocenters. The summed E-state index contributed by atoms with van der Waals surface area (Å²) in [5, 5.41) is 3.50. The predicted molar refractivity (Wildman–Crippen MR) is 58.3 cm³/mol. The lowest BCUT2D eigenvalue weighted by molar-refractivity contribution is 0.284. The molecular weight excluding hydrogens is 174 g/mol. The summed E-state index contributed by atoms with van der Waals surface area (Å²) < 4.78 is 2.15. The number of hydrogen-bond acceptors (Lipinski definition) is 2. The molecule has 1 aliphatic carbocycles. The number of nitrogens with one attached hydrogen (secondary N) is 1. The number of aryl methyl sites for hydroxylation is 1. The van der Waals surface area contributed by atoms with Gasteiger partial charge in [0.05, 0.1) is 0 Å². The molecule has 0 spiro atoms. The molecule has 78 valence electrons. The topological polar surface area (TPSA) is 29.9 Å². The van der Waals surface area contributed by atoms with Gasteiger partial charge < -0.3 is 9.88 Å². The summed E-state index contributed by atoms with van der Waals surface area (Å²) in [5.41, 5.74) is 0. The first-order valence-corrected chi connectivity index (χ1v) is 5.59. The Bertz CT molecular complexity index is 288. The third-order valence-electron chi connectivity index (χ3n) is 3.27. The number of imidazole rings is 1. The lowest BCUT2D eigenvalue weighted by atomic mass is 9.80. The molecule has 1 atom stereocenters. The van der Waals surface area contributed by atoms with Crippen LogP contribution < -0.4 is 5.32 Å². The van der Waals surface area contributed by atoms with Gasteiger partial charge in [-0.3, -0.25) is 0 Å². The monoisotopic (exact) mass is 193 g/mol. The van der Waals surface area contributed by atoms with Crippen molar-refractivity contribution >= 4 is 5.95 Å². The maximum Gasteiger partial charge on any atom is 0.202 e. The van der Waals surface area contributed by atoms with Gasteiger partial charge in [0.2, 0.25) is 5.95 Å². The second-order valence-electron chi connectivity index (χ2n) is 4.16. The van der Waals surface area contributed by atoms with Crippen molar-refractivity contribution in [3.8, 4) is 0 Å². The Morgan fingerprint density at radius 3 is 3.00 bits per heavy atom. The molecule has 3 nitrogen and oxygen atoms in total. The molecule has 1 aromatic heterocycles. The van der Waals surface area contributed by atoms with Gasteiger partial charge in [-0.25, -0.2) is 4.98 Å². The van der Waals surface area contributed by atoms with Crippen LogP contribution in [0.15, 0.2) is 12.4 Å². The average Bonchev–Trinajstić information content (AvgIpc) is 2.48. The van der Waals surface area contributed by atoms with Crippen molar-refractivity contribution in [2.75, 3.05) is 5.32 Å². The Hall–Kier alpha value is -0.990. The van der Waals surface area contributed by atoms with Crippen LogP contribution in [0, 0.1) is 5.92 Å². The summed E-state index contributed by atoms with van der Waals surface area (Å²) in [6.45, 7) is 5.39. The fourth-order valence-corrected chi connectivity index (χ4v) is 1.97. The Labute approximate surface area is 85.5 Å². The smallest absolute Gasteiger partial charge is 0.202 e. The van der Waals surface area contributed by atoms with E-state index in [0.29, 0.717) is 6.04 Å². The molecular formula is C11H19N3. The minimum absolute atomic E-state index is 0.566. The maximum absolute atomic E-state index is 4.32. The fraction of sp³-hybridized carbons (Fsp3) is 0.727. The summed E-state index contributed by atoms with van der Waals surface area (Å²) in [7, 11) is 0. The molecule has 3 heteroatoms. The first-order chi connectivity index (χ1) is 6.81. The van der Waals surface area contributed by atoms with E-state index < -0.39 is 0 Å². The lowest BCUT2D eigenvalue weighted by Crippen LogP contribution is -2.31. The van der Waals surface area contributed by atoms with Crippen LogP contribution in [0.3, 0.4) is 0 Å². The fourth-order valence-electron chi connectivity index (χ4n) is 1.97. The molecule has 0 bridgehead atoms. The number of rotatable bonds is 4. The zero-order valence-electron chi connectivity index (χ0n) is 9.03. The molecule has 2 rings (SSSR count). The molecule has 0 aliphatic heterocycles. The Morgan fingerprint density at radius 2 is 2.43 bits per heavy atom. The van der Waals surface area contributed by atoms with E-state index in [1.165, 1.54) is 19.3 Å². The van der Waals surface area contributed by atoms with Crippen LogP contribution in [-0.2, 0) is 6.54 Å². The summed E-state index contributed by atoms with van der Waals surface area (Å²) in [6, 6.07) is 0.566. The van der Waals surface area contributed by atoms with Gasteiger partial charge >= 0.3 is 0 Å². The van der Waals surface area contributed by atoms with Crippen molar-refractivity contribution in [1.82, 2.24) is 9.55 Å². The highest BCUT2D eigenvalue weighted by atomic mass is 15.2. The van der Waals surface area contributed by atoms with E-state index >= 15 is 0 Å². The predicted octanol–water partition coefficient (Wildman–Crippen LogP) is 2.50. The van der Waals surface area contributed by atoms with Crippen molar-refractivity contribution in [1.29, 1.82) is 0 Å². The first kappa shape index (κ1) is 9.56. The third-order valence-corrected chi connectivity index (χ3v) is 3.27. The van der Waals surface area contributed by atoms with Crippen molar-refractivity contribution in [2.24, 2.45) is 5.92 Å². The summed E-state index contributed by atoms with van der Waals surface area (Å²) in [5.74, 6) is 1.88. The highest BCUT2D eigenvalue weighted by molar-refractivity contribution is 5.27. The van der Waals surface area contributed by atoms with Gasteiger partial charge in [0.15, 0.2) is 0 Å². The molecule has 1 aliphatic rings. The van der Waals surface area contributed by atoms with Crippen LogP contribution in [0.5, 0.6) is 0 Å². The standard InChI is InChI=1S/C11H19N3/c1-3-14-8-7-12-11(14)13-9(2)10-5-4-6-10/h7-10H,3-6H2,1-2H3,(H,12,13). The molecule has 0 amide bonds. The zero-order chi connectivity index (χ0) is 9.97. The van der Waals surface area contributed by atoms with Gasteiger partial charge in [-0.05, 0) is 32.6 Å². The quantitative estimate of drug-likeness (QED) is 0.796. The summed E-state index contributed by atoms with van der Waals surface area (Å²) in [6.07, 6.45) is 8.04. The first-order valence-electron chi connectivity index (χ1n) is 5.59. The van der Waals surface area contributed by atoms with Crippen LogP contribution in [0.2, 0.25) is 0 Å². The van der Waals surface area contributed by atoms with Crippen LogP contribution >= 0.6 is 0 Å². The van der Waals surface area contributed by atoms with Gasteiger partial charge in [0.25, 0.3) is 0 Å². The minimum Gasteiger partial charge on any atom is -0.353 e. The number of hydrogen-bond donors (Lipinski definition) is 1. The average molecular weight is 193 g/mol. The SMILES string of the molecule is CCn1ccnc1NC(C)C1CCC1. The van der Waals surface area contributed by atoms with E-state index in [2.05, 4.69) is 28.7 Å². The van der Waals surface area contributed by atoms with Gasteiger partial charge in [-0.1, -0.05) is 6.42 Å². The maximum atomic E-state index is 4.32. The Balaban J connectivity index is 1.95. The minimum atomic E-state index is 0.566. The molecule has 0 saturated heterocycles. The van der Waals surface area contributed by atoms with Gasteiger partial charge in [0, 0.05) is 25.0 Å². The van der Waals surface area contributed by atoms with Crippen molar-refractivity contribution in [3.63, 3.8) is 0 Å². The summed E-state index contributed by atoms with van der Waals surface area (Å²) in [4.78, 5) is 4.32. The van der Waals surface area contributed by atoms with Crippen molar-refractivity contribution in [2.45, 2.75) is 45.7 Å². The summed E-state index contributed by atoms with van der Waals surface area (Å²) >= 11 is 0. The lowest BCUT2D eigenvalue weighted by Gasteiger charge is -2.32. The third kappa shape index (κ3) is 1.76. The van der Waals surface area contributed by atoms with Gasteiger partial charge in [-0.2, -0.15) is 0 Å². The van der Waals surface area contributed by atoms with Crippen molar-refractivity contribution in [3.05, 3.63) is 12.4 Å². The highest BCUT2D eigenvalue weighted by Gasteiger charge is 2.24. The molecule has 1 aromatic rings. The van der Waals surface area contributed by atoms with E-state index in [-0.39, 0.29) is 0 Å². The molecule has 1 heterocycles. The molecule has 14 heavy (non-hydrogen) atoms. The normalized spacial score (nSPS) is 19.0. The number of aromatic nitrogens is 2. The highest BCUT2D eigenvalue weighted by Crippen LogP contribution is 2.30. The molecule has 1 fully saturated rings. The molecule has 1 N–H and O–H groups in total. The number of nitrogens with zero attached hydrogens (tertiary/aromatic N) is 2. The van der Waals surface area contributed by atoms with Crippen LogP contribution in [-0.4, -0.2) is 15.6 Å². The van der Waals surface area contributed by atoms with Crippen LogP contribution in [0.1, 0.15) is 33.1 Å². The molecule has 0 aromatic carbocycles. The van der Waals surface area contributed by atoms with Crippen LogP contribution in [0.25, 0.3) is 0 Å². The second-order valence-corrected chi connectivity index (χ2v) is 4.16. The number of anilines is 1. The van der Waals surface area contributed by atoms with E-state index in [1.807, 2.05) is 12.4 Å². The van der Waals surface area contributed by atoms with E-state index in [1.54, 1.807) is 0 Å². The zero-order valence-corrected chi connectivity index (χ0v) is 9.03. The Kier molecular flexibility index (Phi) is 2.75. The van der Waals surface area contributed by atoms with E-state index in [9.17, 15) is 0 Å². The van der Waals surface area contributed by atoms with Crippen LogP contribution in [0.4, 0.5) is 5.95 Å². The van der Waals surface area contributed by atoms with Gasteiger partial charge in [-0.15, -0.1) is 0 Å². The molecule has 1 saturated carbocycles. The largest absolute Gasteiger partial charge is 0.353 e. The van der Waals surface area contributed by atoms with Crippen molar-refractivity contribution < 1.29 is 0 Å². The second kappa shape index (κ2) is 4.03. The Morgan fingerprint density at radius 1 is 1.64 bits per heavy atom. The van der Waals surface area contributed by atoms with E-state index in [0.717, 1.165) is 18.4 Å². The van der Waals surface area contributed by atoms with Gasteiger partial charge in [0.1, 0.15) is 0 Å².